The van der Waals surface area contributed by atoms with Crippen LogP contribution in [-0.2, 0) is 14.8 Å². The van der Waals surface area contributed by atoms with E-state index in [0.717, 1.165) is 21.1 Å². The van der Waals surface area contributed by atoms with E-state index in [1.54, 1.807) is 19.2 Å². The number of methoxy groups -OCH3 is 1. The third kappa shape index (κ3) is 5.51. The molecule has 1 heterocycles. The standard InChI is InChI=1S/C16H16N4O3S.C2HF3O2/c1-23-14-6-5-10-3-4-11(16(17)18)7-13(10)15(14)12-8-19-20(9-12)24(2,21)22;3-2(4,5)1(6)7/h3-9H,1-2H3,(H3,17,18);(H,6,7). The molecule has 2 aromatic carbocycles. The van der Waals surface area contributed by atoms with E-state index in [0.29, 0.717) is 22.4 Å². The van der Waals surface area contributed by atoms with Crippen LogP contribution in [0.3, 0.4) is 0 Å². The summed E-state index contributed by atoms with van der Waals surface area (Å²) in [7, 11) is -1.93. The van der Waals surface area contributed by atoms with Crippen LogP contribution in [-0.4, -0.2) is 54.1 Å². The van der Waals surface area contributed by atoms with Gasteiger partial charge in [-0.15, -0.1) is 0 Å². The average molecular weight is 458 g/mol. The molecule has 0 bridgehead atoms. The third-order valence-corrected chi connectivity index (χ3v) is 4.82. The molecule has 0 saturated heterocycles. The van der Waals surface area contributed by atoms with Gasteiger partial charge in [-0.3, -0.25) is 5.41 Å². The van der Waals surface area contributed by atoms with Crippen LogP contribution in [0.25, 0.3) is 21.9 Å². The summed E-state index contributed by atoms with van der Waals surface area (Å²) in [5.41, 5.74) is 7.46. The first-order chi connectivity index (χ1) is 14.3. The first-order valence-electron chi connectivity index (χ1n) is 8.26. The first kappa shape index (κ1) is 23.7. The number of fused-ring (bicyclic) bond motifs is 1. The van der Waals surface area contributed by atoms with E-state index in [2.05, 4.69) is 5.10 Å². The SMILES string of the molecule is COc1ccc2ccc(C(=N)N)cc2c1-c1cnn(S(C)(=O)=O)c1.O=C(O)C(F)(F)F. The summed E-state index contributed by atoms with van der Waals surface area (Å²) >= 11 is 0. The number of alkyl halides is 3. The molecule has 0 aliphatic carbocycles. The summed E-state index contributed by atoms with van der Waals surface area (Å²) in [4.78, 5) is 8.90. The highest BCUT2D eigenvalue weighted by Crippen LogP contribution is 2.37. The summed E-state index contributed by atoms with van der Waals surface area (Å²) < 4.78 is 61.4. The van der Waals surface area contributed by atoms with Crippen LogP contribution in [0.5, 0.6) is 5.75 Å². The Morgan fingerprint density at radius 1 is 1.26 bits per heavy atom. The molecule has 9 nitrogen and oxygen atoms in total. The largest absolute Gasteiger partial charge is 0.496 e. The van der Waals surface area contributed by atoms with E-state index in [9.17, 15) is 21.6 Å². The second kappa shape index (κ2) is 8.63. The normalized spacial score (nSPS) is 11.5. The van der Waals surface area contributed by atoms with E-state index in [1.807, 2.05) is 18.2 Å². The minimum Gasteiger partial charge on any atom is -0.496 e. The van der Waals surface area contributed by atoms with Crippen molar-refractivity contribution in [2.75, 3.05) is 13.4 Å². The number of hydrogen-bond acceptors (Lipinski definition) is 6. The molecule has 0 atom stereocenters. The Bertz CT molecular complexity index is 1250. The number of rotatable bonds is 4. The summed E-state index contributed by atoms with van der Waals surface area (Å²) in [6.45, 7) is 0. The van der Waals surface area contributed by atoms with E-state index in [-0.39, 0.29) is 5.84 Å². The monoisotopic (exact) mass is 458 g/mol. The smallest absolute Gasteiger partial charge is 0.490 e. The molecule has 0 saturated carbocycles. The topological polar surface area (TPSA) is 148 Å². The van der Waals surface area contributed by atoms with Crippen LogP contribution in [0.4, 0.5) is 13.2 Å². The van der Waals surface area contributed by atoms with Crippen molar-refractivity contribution in [3.05, 3.63) is 48.3 Å². The second-order valence-corrected chi connectivity index (χ2v) is 8.00. The Hall–Kier alpha value is -3.61. The highest BCUT2D eigenvalue weighted by Gasteiger charge is 2.38. The number of nitrogens with one attached hydrogen (secondary N) is 1. The van der Waals surface area contributed by atoms with Crippen molar-refractivity contribution >= 4 is 32.6 Å². The van der Waals surface area contributed by atoms with Crippen molar-refractivity contribution in [2.24, 2.45) is 5.73 Å². The maximum Gasteiger partial charge on any atom is 0.490 e. The zero-order valence-corrected chi connectivity index (χ0v) is 17.0. The number of nitrogens with two attached hydrogens (primary N) is 1. The zero-order chi connectivity index (χ0) is 23.6. The fraction of sp³-hybridized carbons (Fsp3) is 0.167. The van der Waals surface area contributed by atoms with Gasteiger partial charge in [0.2, 0.25) is 0 Å². The van der Waals surface area contributed by atoms with E-state index in [4.69, 9.17) is 25.8 Å². The minimum atomic E-state index is -5.08. The number of nitrogens with zero attached hydrogens (tertiary/aromatic N) is 2. The lowest BCUT2D eigenvalue weighted by atomic mass is 9.97. The number of carboxylic acids is 1. The number of halogens is 3. The van der Waals surface area contributed by atoms with Gasteiger partial charge in [0.15, 0.2) is 0 Å². The first-order valence-corrected chi connectivity index (χ1v) is 10.1. The van der Waals surface area contributed by atoms with Gasteiger partial charge in [0, 0.05) is 16.7 Å². The summed E-state index contributed by atoms with van der Waals surface area (Å²) in [6.07, 6.45) is -1.09. The second-order valence-electron chi connectivity index (χ2n) is 6.16. The van der Waals surface area contributed by atoms with Crippen molar-refractivity contribution in [3.63, 3.8) is 0 Å². The van der Waals surface area contributed by atoms with Gasteiger partial charge in [-0.05, 0) is 22.9 Å². The zero-order valence-electron chi connectivity index (χ0n) is 16.1. The molecule has 3 aromatic rings. The average Bonchev–Trinajstić information content (AvgIpc) is 3.16. The molecule has 0 radical (unpaired) electrons. The lowest BCUT2D eigenvalue weighted by Gasteiger charge is -2.12. The molecular weight excluding hydrogens is 441 g/mol. The number of hydrogen-bond donors (Lipinski definition) is 3. The van der Waals surface area contributed by atoms with Crippen molar-refractivity contribution in [2.45, 2.75) is 6.18 Å². The van der Waals surface area contributed by atoms with Crippen LogP contribution >= 0.6 is 0 Å². The van der Waals surface area contributed by atoms with Gasteiger partial charge in [0.05, 0.1) is 25.8 Å². The molecule has 0 unspecified atom stereocenters. The van der Waals surface area contributed by atoms with E-state index < -0.39 is 22.2 Å². The molecule has 0 amide bonds. The molecule has 0 aliphatic rings. The van der Waals surface area contributed by atoms with Gasteiger partial charge in [0.25, 0.3) is 10.0 Å². The molecule has 0 aliphatic heterocycles. The number of carboxylic acid groups (broad SMARTS) is 1. The van der Waals surface area contributed by atoms with E-state index >= 15 is 0 Å². The Morgan fingerprint density at radius 2 is 1.84 bits per heavy atom. The predicted molar refractivity (Wildman–Crippen MR) is 107 cm³/mol. The number of aliphatic carboxylic acids is 1. The van der Waals surface area contributed by atoms with Crippen molar-refractivity contribution in [1.29, 1.82) is 5.41 Å². The lowest BCUT2D eigenvalue weighted by molar-refractivity contribution is -0.192. The van der Waals surface area contributed by atoms with Crippen LogP contribution in [0.15, 0.2) is 42.7 Å². The predicted octanol–water partition coefficient (Wildman–Crippen LogP) is 2.44. The van der Waals surface area contributed by atoms with Gasteiger partial charge in [-0.25, -0.2) is 13.2 Å². The molecule has 1 aromatic heterocycles. The summed E-state index contributed by atoms with van der Waals surface area (Å²) in [5.74, 6) is -2.22. The van der Waals surface area contributed by atoms with Gasteiger partial charge in [0.1, 0.15) is 11.6 Å². The fourth-order valence-corrected chi connectivity index (χ4v) is 3.07. The van der Waals surface area contributed by atoms with E-state index in [1.165, 1.54) is 12.4 Å². The highest BCUT2D eigenvalue weighted by molar-refractivity contribution is 7.89. The molecule has 4 N–H and O–H groups in total. The highest BCUT2D eigenvalue weighted by atomic mass is 32.2. The maximum absolute atomic E-state index is 11.7. The number of carbonyl (C=O) groups is 1. The van der Waals surface area contributed by atoms with Crippen molar-refractivity contribution in [3.8, 4) is 16.9 Å². The van der Waals surface area contributed by atoms with Crippen LogP contribution in [0, 0.1) is 5.41 Å². The van der Waals surface area contributed by atoms with Crippen LogP contribution in [0.2, 0.25) is 0 Å². The molecule has 0 spiro atoms. The summed E-state index contributed by atoms with van der Waals surface area (Å²) in [6, 6.07) is 9.11. The minimum absolute atomic E-state index is 0.0440. The van der Waals surface area contributed by atoms with Gasteiger partial charge >= 0.3 is 12.1 Å². The molecular formula is C18H17F3N4O5S. The van der Waals surface area contributed by atoms with Crippen LogP contribution < -0.4 is 10.5 Å². The Morgan fingerprint density at radius 3 is 2.29 bits per heavy atom. The summed E-state index contributed by atoms with van der Waals surface area (Å²) in [5, 5.41) is 20.4. The molecule has 31 heavy (non-hydrogen) atoms. The molecule has 13 heteroatoms. The van der Waals surface area contributed by atoms with Gasteiger partial charge in [-0.2, -0.15) is 22.4 Å². The van der Waals surface area contributed by atoms with Gasteiger partial charge in [-0.1, -0.05) is 18.2 Å². The quantitative estimate of drug-likeness (QED) is 0.402. The van der Waals surface area contributed by atoms with Crippen LogP contribution in [0.1, 0.15) is 5.56 Å². The Kier molecular flexibility index (Phi) is 6.59. The fourth-order valence-electron chi connectivity index (χ4n) is 2.55. The van der Waals surface area contributed by atoms with Crippen molar-refractivity contribution < 1.29 is 36.2 Å². The third-order valence-electron chi connectivity index (χ3n) is 3.95. The Labute approximate surface area is 174 Å². The molecule has 166 valence electrons. The number of benzene rings is 2. The number of nitrogen functional groups attached to an aromatic ring is 1. The number of ether oxygens (including phenoxy) is 1. The maximum atomic E-state index is 11.7. The van der Waals surface area contributed by atoms with Gasteiger partial charge < -0.3 is 15.6 Å². The number of aromatic nitrogens is 2. The van der Waals surface area contributed by atoms with Crippen molar-refractivity contribution in [1.82, 2.24) is 9.19 Å². The molecule has 0 fully saturated rings. The molecule has 3 rings (SSSR count). The number of amidine groups is 1. The Balaban J connectivity index is 0.000000423. The lowest BCUT2D eigenvalue weighted by Crippen LogP contribution is -2.21.